The Bertz CT molecular complexity index is 1660. The van der Waals surface area contributed by atoms with Crippen molar-refractivity contribution >= 4 is 17.5 Å². The lowest BCUT2D eigenvalue weighted by atomic mass is 9.91. The van der Waals surface area contributed by atoms with Crippen LogP contribution in [0.3, 0.4) is 0 Å². The van der Waals surface area contributed by atoms with Crippen LogP contribution < -0.4 is 0 Å². The molecule has 1 unspecified atom stereocenters. The zero-order valence-corrected chi connectivity index (χ0v) is 28.7. The van der Waals surface area contributed by atoms with Crippen LogP contribution in [0.4, 0.5) is 0 Å². The summed E-state index contributed by atoms with van der Waals surface area (Å²) in [4.78, 5) is 31.0. The van der Waals surface area contributed by atoms with Gasteiger partial charge in [-0.3, -0.25) is 9.69 Å². The quantitative estimate of drug-likeness (QED) is 0.154. The molecule has 0 amide bonds. The molecule has 1 aromatic heterocycles. The number of rotatable bonds is 13. The molecule has 1 atom stereocenters. The summed E-state index contributed by atoms with van der Waals surface area (Å²) in [6.07, 6.45) is 6.53. The molecule has 0 radical (unpaired) electrons. The third-order valence-corrected chi connectivity index (χ3v) is 8.67. The summed E-state index contributed by atoms with van der Waals surface area (Å²) in [6, 6.07) is 30.5. The van der Waals surface area contributed by atoms with Gasteiger partial charge in [-0.05, 0) is 113 Å². The number of aliphatic carboxylic acids is 1. The summed E-state index contributed by atoms with van der Waals surface area (Å²) in [6.45, 7) is 8.39. The molecule has 48 heavy (non-hydrogen) atoms. The second-order valence-electron chi connectivity index (χ2n) is 12.9. The summed E-state index contributed by atoms with van der Waals surface area (Å²) in [7, 11) is 4.07. The number of aromatic nitrogens is 1. The molecule has 2 N–H and O–H groups in total. The second kappa shape index (κ2) is 18.1. The highest BCUT2D eigenvalue weighted by molar-refractivity contribution is 5.85. The van der Waals surface area contributed by atoms with Gasteiger partial charge in [-0.15, -0.1) is 0 Å². The lowest BCUT2D eigenvalue weighted by Gasteiger charge is -2.20. The average molecular weight is 648 g/mol. The molecule has 1 aliphatic rings. The second-order valence-corrected chi connectivity index (χ2v) is 12.9. The smallest absolute Gasteiger partial charge is 0.354 e. The van der Waals surface area contributed by atoms with Crippen LogP contribution in [-0.2, 0) is 11.2 Å². The number of carboxylic acid groups (broad SMARTS) is 2. The number of hydrogen-bond acceptors (Lipinski definition) is 5. The highest BCUT2D eigenvalue weighted by atomic mass is 16.4. The van der Waals surface area contributed by atoms with E-state index in [-0.39, 0.29) is 18.0 Å². The van der Waals surface area contributed by atoms with E-state index in [2.05, 4.69) is 95.4 Å². The number of benzene rings is 3. The van der Waals surface area contributed by atoms with Gasteiger partial charge in [0.15, 0.2) is 0 Å². The summed E-state index contributed by atoms with van der Waals surface area (Å²) in [5, 5.41) is 18.1. The Hall–Kier alpha value is -4.59. The van der Waals surface area contributed by atoms with Gasteiger partial charge in [0.2, 0.25) is 0 Å². The zero-order chi connectivity index (χ0) is 34.5. The largest absolute Gasteiger partial charge is 0.481 e. The van der Waals surface area contributed by atoms with E-state index in [1.54, 1.807) is 6.07 Å². The summed E-state index contributed by atoms with van der Waals surface area (Å²) in [5.41, 5.74) is 9.22. The Kier molecular flexibility index (Phi) is 13.7. The SMILES string of the molecule is Cc1ccc(/C(=C\CN2CCCC2)c2cccc(CCC(=O)O)c2)cc1.Cc1ccc(C(CCN(C)C)c2cccc(C(=O)O)n2)cc1. The van der Waals surface area contributed by atoms with E-state index in [0.29, 0.717) is 6.42 Å². The van der Waals surface area contributed by atoms with Crippen LogP contribution in [0.2, 0.25) is 0 Å². The first-order chi connectivity index (χ1) is 23.1. The fraction of sp³-hybridized carbons (Fsp3) is 0.341. The molecule has 252 valence electrons. The fourth-order valence-corrected chi connectivity index (χ4v) is 5.90. The van der Waals surface area contributed by atoms with E-state index in [4.69, 9.17) is 10.2 Å². The molecule has 0 bridgehead atoms. The summed E-state index contributed by atoms with van der Waals surface area (Å²) < 4.78 is 0. The number of hydrogen-bond donors (Lipinski definition) is 2. The number of aryl methyl sites for hydroxylation is 3. The van der Waals surface area contributed by atoms with Crippen LogP contribution in [0.5, 0.6) is 0 Å². The highest BCUT2D eigenvalue weighted by Crippen LogP contribution is 2.28. The van der Waals surface area contributed by atoms with Crippen LogP contribution in [0.1, 0.15) is 81.2 Å². The molecule has 0 spiro atoms. The van der Waals surface area contributed by atoms with Crippen LogP contribution >= 0.6 is 0 Å². The fourth-order valence-electron chi connectivity index (χ4n) is 5.90. The molecule has 7 nitrogen and oxygen atoms in total. The molecule has 0 saturated carbocycles. The predicted molar refractivity (Wildman–Crippen MR) is 194 cm³/mol. The van der Waals surface area contributed by atoms with Crippen molar-refractivity contribution < 1.29 is 19.8 Å². The van der Waals surface area contributed by atoms with Gasteiger partial charge in [-0.2, -0.15) is 0 Å². The maximum absolute atomic E-state index is 11.2. The lowest BCUT2D eigenvalue weighted by Crippen LogP contribution is -2.19. The van der Waals surface area contributed by atoms with E-state index in [1.807, 2.05) is 32.3 Å². The molecular formula is C41H49N3O4. The first-order valence-corrected chi connectivity index (χ1v) is 16.8. The van der Waals surface area contributed by atoms with Crippen molar-refractivity contribution in [1.82, 2.24) is 14.8 Å². The minimum atomic E-state index is -0.989. The van der Waals surface area contributed by atoms with E-state index in [0.717, 1.165) is 36.3 Å². The van der Waals surface area contributed by atoms with E-state index >= 15 is 0 Å². The van der Waals surface area contributed by atoms with Gasteiger partial charge < -0.3 is 15.1 Å². The van der Waals surface area contributed by atoms with Crippen LogP contribution in [0.25, 0.3) is 5.57 Å². The molecule has 3 aromatic carbocycles. The van der Waals surface area contributed by atoms with Crippen LogP contribution in [0, 0.1) is 13.8 Å². The molecular weight excluding hydrogens is 598 g/mol. The highest BCUT2D eigenvalue weighted by Gasteiger charge is 2.18. The monoisotopic (exact) mass is 647 g/mol. The third kappa shape index (κ3) is 11.3. The van der Waals surface area contributed by atoms with Crippen molar-refractivity contribution in [1.29, 1.82) is 0 Å². The summed E-state index contributed by atoms with van der Waals surface area (Å²) in [5.74, 6) is -1.64. The number of aromatic carboxylic acids is 1. The maximum Gasteiger partial charge on any atom is 0.354 e. The summed E-state index contributed by atoms with van der Waals surface area (Å²) >= 11 is 0. The average Bonchev–Trinajstić information content (AvgIpc) is 3.60. The van der Waals surface area contributed by atoms with Gasteiger partial charge in [-0.1, -0.05) is 96.1 Å². The van der Waals surface area contributed by atoms with Gasteiger partial charge in [0.25, 0.3) is 0 Å². The van der Waals surface area contributed by atoms with E-state index in [9.17, 15) is 9.59 Å². The molecule has 0 aliphatic carbocycles. The van der Waals surface area contributed by atoms with Crippen molar-refractivity contribution in [3.63, 3.8) is 0 Å². The molecule has 5 rings (SSSR count). The zero-order valence-electron chi connectivity index (χ0n) is 28.7. The Balaban J connectivity index is 0.000000220. The van der Waals surface area contributed by atoms with Gasteiger partial charge in [0.05, 0.1) is 0 Å². The number of carboxylic acids is 2. The Morgan fingerprint density at radius 1 is 0.854 bits per heavy atom. The molecule has 1 aliphatic heterocycles. The van der Waals surface area contributed by atoms with Crippen molar-refractivity contribution in [3.05, 3.63) is 142 Å². The number of pyridine rings is 1. The maximum atomic E-state index is 11.2. The molecule has 2 heterocycles. The van der Waals surface area contributed by atoms with Crippen molar-refractivity contribution in [2.24, 2.45) is 0 Å². The lowest BCUT2D eigenvalue weighted by molar-refractivity contribution is -0.136. The minimum absolute atomic E-state index is 0.0967. The molecule has 1 fully saturated rings. The number of likely N-dealkylation sites (tertiary alicyclic amines) is 1. The number of carbonyl (C=O) groups is 2. The van der Waals surface area contributed by atoms with Crippen molar-refractivity contribution in [3.8, 4) is 0 Å². The van der Waals surface area contributed by atoms with Gasteiger partial charge >= 0.3 is 11.9 Å². The van der Waals surface area contributed by atoms with Crippen molar-refractivity contribution in [2.45, 2.75) is 51.9 Å². The standard InChI is InChI=1S/C23H27NO2.C18H22N2O2/c1-18-7-10-20(11-8-18)22(13-16-24-14-2-3-15-24)21-6-4-5-19(17-21)9-12-23(25)26;1-13-7-9-14(10-8-13)15(11-12-20(2)3)16-5-4-6-17(19-16)18(21)22/h4-8,10-11,13,17H,2-3,9,12,14-16H2,1H3,(H,25,26);4-10,15H,11-12H2,1-3H3,(H,21,22)/b22-13+;. The molecule has 4 aromatic rings. The van der Waals surface area contributed by atoms with E-state index < -0.39 is 11.9 Å². The Labute approximate surface area is 285 Å². The van der Waals surface area contributed by atoms with Gasteiger partial charge in [0.1, 0.15) is 5.69 Å². The first-order valence-electron chi connectivity index (χ1n) is 16.8. The van der Waals surface area contributed by atoms with Crippen LogP contribution in [-0.4, -0.2) is 77.2 Å². The van der Waals surface area contributed by atoms with Crippen LogP contribution in [0.15, 0.2) is 97.1 Å². The molecule has 1 saturated heterocycles. The Morgan fingerprint density at radius 3 is 2.12 bits per heavy atom. The first kappa shape index (κ1) is 36.2. The Morgan fingerprint density at radius 2 is 1.50 bits per heavy atom. The van der Waals surface area contributed by atoms with Crippen molar-refractivity contribution in [2.75, 3.05) is 40.3 Å². The van der Waals surface area contributed by atoms with E-state index in [1.165, 1.54) is 59.8 Å². The van der Waals surface area contributed by atoms with Gasteiger partial charge in [0, 0.05) is 24.6 Å². The minimum Gasteiger partial charge on any atom is -0.481 e. The third-order valence-electron chi connectivity index (χ3n) is 8.67. The topological polar surface area (TPSA) is 94.0 Å². The van der Waals surface area contributed by atoms with Gasteiger partial charge in [-0.25, -0.2) is 9.78 Å². The normalized spacial score (nSPS) is 14.0. The predicted octanol–water partition coefficient (Wildman–Crippen LogP) is 7.71. The molecule has 7 heteroatoms. The number of nitrogens with zero attached hydrogens (tertiary/aromatic N) is 3.